The molecule has 0 fully saturated rings. The molecule has 0 aliphatic carbocycles. The van der Waals surface area contributed by atoms with E-state index in [9.17, 15) is 9.59 Å². The average Bonchev–Trinajstić information content (AvgIpc) is 2.55. The normalized spacial score (nSPS) is 10.6. The number of carbonyl (C=O) groups excluding carboxylic acids is 2. The van der Waals surface area contributed by atoms with Gasteiger partial charge in [0.15, 0.2) is 12.4 Å². The second kappa shape index (κ2) is 8.88. The third kappa shape index (κ3) is 6.07. The molecule has 2 rings (SSSR count). The maximum atomic E-state index is 12.2. The summed E-state index contributed by atoms with van der Waals surface area (Å²) in [5, 5.41) is 3.60. The molecule has 0 aromatic heterocycles. The number of hydrogen-bond donors (Lipinski definition) is 1. The summed E-state index contributed by atoms with van der Waals surface area (Å²) in [5.74, 6) is 0.544. The summed E-state index contributed by atoms with van der Waals surface area (Å²) < 4.78 is 5.43. The molecule has 0 bridgehead atoms. The number of nitrogens with one attached hydrogen (secondary N) is 1. The summed E-state index contributed by atoms with van der Waals surface area (Å²) in [7, 11) is 0. The minimum Gasteiger partial charge on any atom is -0.485 e. The van der Waals surface area contributed by atoms with Crippen molar-refractivity contribution in [2.75, 3.05) is 11.9 Å². The van der Waals surface area contributed by atoms with Gasteiger partial charge in [-0.3, -0.25) is 9.59 Å². The lowest BCUT2D eigenvalue weighted by atomic mass is 10.1. The molecule has 0 unspecified atom stereocenters. The second-order valence-corrected chi connectivity index (χ2v) is 6.83. The lowest BCUT2D eigenvalue weighted by Crippen LogP contribution is -2.14. The fourth-order valence-electron chi connectivity index (χ4n) is 2.12. The van der Waals surface area contributed by atoms with E-state index in [1.807, 2.05) is 13.8 Å². The van der Waals surface area contributed by atoms with Crippen molar-refractivity contribution in [3.63, 3.8) is 0 Å². The van der Waals surface area contributed by atoms with E-state index in [0.29, 0.717) is 39.4 Å². The number of anilines is 1. The molecule has 0 aliphatic heterocycles. The Kier molecular flexibility index (Phi) is 6.85. The monoisotopic (exact) mass is 379 g/mol. The van der Waals surface area contributed by atoms with E-state index in [1.54, 1.807) is 42.5 Å². The van der Waals surface area contributed by atoms with Crippen molar-refractivity contribution in [1.29, 1.82) is 0 Å². The maximum Gasteiger partial charge on any atom is 0.224 e. The van der Waals surface area contributed by atoms with Crippen LogP contribution in [0.15, 0.2) is 42.5 Å². The van der Waals surface area contributed by atoms with Crippen LogP contribution in [0.5, 0.6) is 5.75 Å². The van der Waals surface area contributed by atoms with Crippen LogP contribution >= 0.6 is 23.2 Å². The fraction of sp³-hybridized carbons (Fsp3) is 0.263. The first-order valence-corrected chi connectivity index (χ1v) is 8.61. The summed E-state index contributed by atoms with van der Waals surface area (Å²) in [6.07, 6.45) is 0.457. The zero-order valence-electron chi connectivity index (χ0n) is 14.0. The third-order valence-corrected chi connectivity index (χ3v) is 4.08. The lowest BCUT2D eigenvalue weighted by Gasteiger charge is -2.09. The van der Waals surface area contributed by atoms with Crippen molar-refractivity contribution in [3.8, 4) is 5.75 Å². The van der Waals surface area contributed by atoms with E-state index in [4.69, 9.17) is 27.9 Å². The first kappa shape index (κ1) is 19.3. The van der Waals surface area contributed by atoms with Gasteiger partial charge in [-0.25, -0.2) is 0 Å². The van der Waals surface area contributed by atoms with Gasteiger partial charge in [-0.1, -0.05) is 37.0 Å². The number of ketones is 1. The summed E-state index contributed by atoms with van der Waals surface area (Å²) in [5.41, 5.74) is 1.16. The number of benzene rings is 2. The van der Waals surface area contributed by atoms with Gasteiger partial charge in [-0.15, -0.1) is 0 Å². The van der Waals surface area contributed by atoms with Gasteiger partial charge >= 0.3 is 0 Å². The highest BCUT2D eigenvalue weighted by Gasteiger charge is 2.09. The summed E-state index contributed by atoms with van der Waals surface area (Å²) in [4.78, 5) is 23.9. The molecule has 2 aromatic carbocycles. The van der Waals surface area contributed by atoms with Crippen LogP contribution in [0, 0.1) is 5.92 Å². The molecular weight excluding hydrogens is 361 g/mol. The van der Waals surface area contributed by atoms with Crippen LogP contribution in [0.3, 0.4) is 0 Å². The SMILES string of the molecule is CC(C)CC(=O)Nc1ccc(C(=O)COc2ccc(Cl)c(Cl)c2)cc1. The molecule has 6 heteroatoms. The number of halogens is 2. The highest BCUT2D eigenvalue weighted by molar-refractivity contribution is 6.42. The van der Waals surface area contributed by atoms with Crippen LogP contribution < -0.4 is 10.1 Å². The number of rotatable bonds is 7. The maximum absolute atomic E-state index is 12.2. The quantitative estimate of drug-likeness (QED) is 0.669. The zero-order valence-corrected chi connectivity index (χ0v) is 15.5. The van der Waals surface area contributed by atoms with E-state index < -0.39 is 0 Å². The molecule has 0 radical (unpaired) electrons. The van der Waals surface area contributed by atoms with E-state index in [-0.39, 0.29) is 18.3 Å². The minimum absolute atomic E-state index is 0.0444. The predicted octanol–water partition coefficient (Wildman–Crippen LogP) is 5.24. The first-order valence-electron chi connectivity index (χ1n) is 7.86. The molecule has 132 valence electrons. The lowest BCUT2D eigenvalue weighted by molar-refractivity contribution is -0.116. The molecule has 4 nitrogen and oxygen atoms in total. The van der Waals surface area contributed by atoms with Gasteiger partial charge in [0.2, 0.25) is 5.91 Å². The van der Waals surface area contributed by atoms with Crippen LogP contribution in [0.4, 0.5) is 5.69 Å². The van der Waals surface area contributed by atoms with E-state index in [0.717, 1.165) is 0 Å². The molecule has 0 saturated heterocycles. The standard InChI is InChI=1S/C19H19Cl2NO3/c1-12(2)9-19(24)22-14-5-3-13(4-6-14)18(23)11-25-15-7-8-16(20)17(21)10-15/h3-8,10,12H,9,11H2,1-2H3,(H,22,24). The Balaban J connectivity index is 1.91. The Bertz CT molecular complexity index is 758. The molecule has 25 heavy (non-hydrogen) atoms. The van der Waals surface area contributed by atoms with Crippen molar-refractivity contribution in [3.05, 3.63) is 58.1 Å². The van der Waals surface area contributed by atoms with Crippen LogP contribution in [-0.2, 0) is 4.79 Å². The van der Waals surface area contributed by atoms with Crippen molar-refractivity contribution < 1.29 is 14.3 Å². The minimum atomic E-state index is -0.175. The Hall–Kier alpha value is -2.04. The van der Waals surface area contributed by atoms with Crippen molar-refractivity contribution >= 4 is 40.6 Å². The smallest absolute Gasteiger partial charge is 0.224 e. The summed E-state index contributed by atoms with van der Waals surface area (Å²) in [6.45, 7) is 3.85. The molecule has 0 spiro atoms. The first-order chi connectivity index (χ1) is 11.8. The van der Waals surface area contributed by atoms with Gasteiger partial charge in [-0.2, -0.15) is 0 Å². The molecule has 0 saturated carbocycles. The number of hydrogen-bond acceptors (Lipinski definition) is 3. The van der Waals surface area contributed by atoms with Gasteiger partial charge in [0, 0.05) is 23.7 Å². The fourth-order valence-corrected chi connectivity index (χ4v) is 2.41. The molecule has 1 amide bonds. The van der Waals surface area contributed by atoms with E-state index in [2.05, 4.69) is 5.32 Å². The molecular formula is C19H19Cl2NO3. The van der Waals surface area contributed by atoms with E-state index >= 15 is 0 Å². The average molecular weight is 380 g/mol. The zero-order chi connectivity index (χ0) is 18.4. The molecule has 0 aliphatic rings. The van der Waals surface area contributed by atoms with Crippen molar-refractivity contribution in [2.24, 2.45) is 5.92 Å². The Morgan fingerprint density at radius 3 is 2.32 bits per heavy atom. The topological polar surface area (TPSA) is 55.4 Å². The van der Waals surface area contributed by atoms with Gasteiger partial charge in [0.05, 0.1) is 10.0 Å². The van der Waals surface area contributed by atoms with Crippen LogP contribution in [0.25, 0.3) is 0 Å². The molecule has 2 aromatic rings. The van der Waals surface area contributed by atoms with E-state index in [1.165, 1.54) is 0 Å². The summed E-state index contributed by atoms with van der Waals surface area (Å²) >= 11 is 11.7. The van der Waals surface area contributed by atoms with Crippen molar-refractivity contribution in [1.82, 2.24) is 0 Å². The molecule has 0 heterocycles. The highest BCUT2D eigenvalue weighted by Crippen LogP contribution is 2.26. The molecule has 1 N–H and O–H groups in total. The number of ether oxygens (including phenoxy) is 1. The van der Waals surface area contributed by atoms with Crippen LogP contribution in [0.2, 0.25) is 10.0 Å². The second-order valence-electron chi connectivity index (χ2n) is 6.01. The number of carbonyl (C=O) groups is 2. The Labute approximate surface area is 157 Å². The Morgan fingerprint density at radius 2 is 1.72 bits per heavy atom. The van der Waals surface area contributed by atoms with Crippen LogP contribution in [-0.4, -0.2) is 18.3 Å². The summed E-state index contributed by atoms with van der Waals surface area (Å²) in [6, 6.07) is 11.5. The predicted molar refractivity (Wildman–Crippen MR) is 101 cm³/mol. The van der Waals surface area contributed by atoms with Gasteiger partial charge < -0.3 is 10.1 Å². The highest BCUT2D eigenvalue weighted by atomic mass is 35.5. The largest absolute Gasteiger partial charge is 0.485 e. The number of Topliss-reactive ketones (excluding diaryl/α,β-unsaturated/α-hetero) is 1. The Morgan fingerprint density at radius 1 is 1.04 bits per heavy atom. The van der Waals surface area contributed by atoms with Crippen molar-refractivity contribution in [2.45, 2.75) is 20.3 Å². The van der Waals surface area contributed by atoms with Gasteiger partial charge in [0.1, 0.15) is 5.75 Å². The van der Waals surface area contributed by atoms with Gasteiger partial charge in [0.25, 0.3) is 0 Å². The van der Waals surface area contributed by atoms with Gasteiger partial charge in [-0.05, 0) is 42.3 Å². The number of amides is 1. The van der Waals surface area contributed by atoms with Crippen LogP contribution in [0.1, 0.15) is 30.6 Å². The third-order valence-electron chi connectivity index (χ3n) is 3.35. The molecule has 0 atom stereocenters.